The van der Waals surface area contributed by atoms with Crippen molar-refractivity contribution in [1.82, 2.24) is 19.6 Å². The molecular formula is C25H34Cl3N5OS. The normalized spacial score (nSPS) is 27.3. The van der Waals surface area contributed by atoms with E-state index in [4.69, 9.17) is 22.6 Å². The maximum Gasteiger partial charge on any atom is 0.319 e. The summed E-state index contributed by atoms with van der Waals surface area (Å²) in [6.07, 6.45) is 0.213. The number of likely N-dealkylation sites (N-methyl/N-ethyl adjacent to an activating group) is 1. The summed E-state index contributed by atoms with van der Waals surface area (Å²) < 4.78 is 69.7. The Hall–Kier alpha value is -1.35. The second kappa shape index (κ2) is 12.7. The highest BCUT2D eigenvalue weighted by Gasteiger charge is 2.26. The fourth-order valence-corrected chi connectivity index (χ4v) is 5.33. The molecule has 0 radical (unpaired) electrons. The van der Waals surface area contributed by atoms with Crippen LogP contribution in [0.3, 0.4) is 0 Å². The van der Waals surface area contributed by atoms with Crippen molar-refractivity contribution in [3.8, 4) is 0 Å². The van der Waals surface area contributed by atoms with Gasteiger partial charge in [0.1, 0.15) is 0 Å². The van der Waals surface area contributed by atoms with Gasteiger partial charge in [0.15, 0.2) is 0 Å². The monoisotopic (exact) mass is 565 g/mol. The summed E-state index contributed by atoms with van der Waals surface area (Å²) in [5.41, 5.74) is 1.79. The van der Waals surface area contributed by atoms with Gasteiger partial charge < -0.3 is 19.6 Å². The van der Waals surface area contributed by atoms with E-state index >= 15 is 0 Å². The van der Waals surface area contributed by atoms with E-state index in [9.17, 15) is 4.79 Å². The van der Waals surface area contributed by atoms with E-state index in [2.05, 4.69) is 0 Å². The molecule has 0 bridgehead atoms. The number of amides is 2. The number of halogens is 3. The zero-order chi connectivity index (χ0) is 30.0. The quantitative estimate of drug-likeness (QED) is 0.462. The molecule has 5 rings (SSSR count). The molecule has 2 fully saturated rings. The largest absolute Gasteiger partial charge is 0.340 e. The number of carbonyl (C=O) groups excluding carboxylic acids is 1. The van der Waals surface area contributed by atoms with Gasteiger partial charge in [-0.3, -0.25) is 4.90 Å². The predicted octanol–water partition coefficient (Wildman–Crippen LogP) is 5.16. The van der Waals surface area contributed by atoms with Crippen LogP contribution < -0.4 is 4.90 Å². The molecule has 2 aromatic carbocycles. The van der Waals surface area contributed by atoms with Crippen LogP contribution in [-0.4, -0.2) is 97.9 Å². The molecule has 3 heterocycles. The van der Waals surface area contributed by atoms with Gasteiger partial charge in [-0.05, 0) is 43.3 Å². The third-order valence-electron chi connectivity index (χ3n) is 5.89. The third-order valence-corrected chi connectivity index (χ3v) is 7.25. The van der Waals surface area contributed by atoms with Gasteiger partial charge in [-0.15, -0.1) is 24.8 Å². The van der Waals surface area contributed by atoms with Crippen LogP contribution >= 0.6 is 48.2 Å². The van der Waals surface area contributed by atoms with E-state index in [0.29, 0.717) is 34.5 Å². The van der Waals surface area contributed by atoms with Gasteiger partial charge in [-0.2, -0.15) is 0 Å². The molecule has 0 atom stereocenters. The number of hydrogen-bond acceptors (Lipinski definition) is 5. The molecular weight excluding hydrogens is 525 g/mol. The highest BCUT2D eigenvalue weighted by atomic mass is 35.5. The van der Waals surface area contributed by atoms with Crippen LogP contribution in [0.2, 0.25) is 5.02 Å². The van der Waals surface area contributed by atoms with E-state index in [1.807, 2.05) is 47.4 Å². The molecule has 0 N–H and O–H groups in total. The number of rotatable bonds is 7. The Balaban J connectivity index is 0.00000253. The van der Waals surface area contributed by atoms with Crippen molar-refractivity contribution in [3.63, 3.8) is 0 Å². The number of carbonyl (C=O) groups is 1. The maximum atomic E-state index is 12.3. The Labute approximate surface area is 241 Å². The maximum absolute atomic E-state index is 12.3. The first-order valence-corrected chi connectivity index (χ1v) is 12.2. The molecule has 10 heteroatoms. The minimum absolute atomic E-state index is 0. The fourth-order valence-electron chi connectivity index (χ4n) is 4.08. The first-order chi connectivity index (χ1) is 19.1. The Kier molecular flexibility index (Phi) is 6.86. The van der Waals surface area contributed by atoms with Gasteiger partial charge in [-0.25, -0.2) is 4.79 Å². The lowest BCUT2D eigenvalue weighted by Gasteiger charge is -2.36. The van der Waals surface area contributed by atoms with Crippen LogP contribution in [0, 0.1) is 0 Å². The zero-order valence-corrected chi connectivity index (χ0v) is 22.4. The SMILES string of the molecule is Cl.Cl.[2H]C1([2H])N(CCCN2c3ccccc3Sc3ccc(Cl)cc32)C([2H])([2H])C([2H])([2H])N(CCN2CCN(C)C2=O)C1([2H])[2H]. The van der Waals surface area contributed by atoms with Gasteiger partial charge in [-0.1, -0.05) is 35.5 Å². The average Bonchev–Trinajstić information content (AvgIpc) is 3.22. The minimum Gasteiger partial charge on any atom is -0.340 e. The molecule has 2 amide bonds. The number of nitrogens with zero attached hydrogens (tertiary/aromatic N) is 5. The first-order valence-electron chi connectivity index (χ1n) is 15.0. The topological polar surface area (TPSA) is 33.3 Å². The van der Waals surface area contributed by atoms with Crippen LogP contribution in [0.15, 0.2) is 52.3 Å². The van der Waals surface area contributed by atoms with Crippen molar-refractivity contribution in [1.29, 1.82) is 0 Å². The number of piperazine rings is 1. The van der Waals surface area contributed by atoms with Gasteiger partial charge in [0.25, 0.3) is 0 Å². The highest BCUT2D eigenvalue weighted by Crippen LogP contribution is 2.48. The number of para-hydroxylation sites is 1. The van der Waals surface area contributed by atoms with Gasteiger partial charge in [0.05, 0.1) is 11.4 Å². The minimum atomic E-state index is -2.90. The molecule has 0 spiro atoms. The van der Waals surface area contributed by atoms with Crippen molar-refractivity contribution >= 4 is 65.6 Å². The van der Waals surface area contributed by atoms with Crippen LogP contribution in [0.25, 0.3) is 0 Å². The van der Waals surface area contributed by atoms with Crippen LogP contribution in [-0.2, 0) is 0 Å². The van der Waals surface area contributed by atoms with Crippen LogP contribution in [0.1, 0.15) is 17.4 Å². The lowest BCUT2D eigenvalue weighted by Crippen LogP contribution is -2.49. The standard InChI is InChI=1S/C25H32ClN5OS.2ClH/c1-27-11-17-30(25(27)32)18-16-29-14-12-28(13-15-29)9-4-10-31-21-5-2-3-6-23(21)33-24-8-7-20(26)19-22(24)31;;/h2-3,5-8,19H,4,9-18H2,1H3;2*1H/i12D2,13D2,14D2,15D2;;. The molecule has 0 aliphatic carbocycles. The predicted molar refractivity (Wildman–Crippen MR) is 151 cm³/mol. The van der Waals surface area contributed by atoms with Crippen LogP contribution in [0.4, 0.5) is 16.2 Å². The molecule has 3 aliphatic heterocycles. The molecule has 0 unspecified atom stereocenters. The Bertz CT molecular complexity index is 1320. The van der Waals surface area contributed by atoms with Crippen molar-refractivity contribution in [2.24, 2.45) is 0 Å². The van der Waals surface area contributed by atoms with E-state index in [1.165, 1.54) is 9.80 Å². The van der Waals surface area contributed by atoms with Crippen molar-refractivity contribution < 1.29 is 15.8 Å². The van der Waals surface area contributed by atoms with E-state index in [1.54, 1.807) is 18.8 Å². The van der Waals surface area contributed by atoms with Crippen LogP contribution in [0.5, 0.6) is 0 Å². The fraction of sp³-hybridized carbons (Fsp3) is 0.480. The second-order valence-corrected chi connectivity index (χ2v) is 9.65. The first kappa shape index (κ1) is 18.8. The van der Waals surface area contributed by atoms with Crippen molar-refractivity contribution in [3.05, 3.63) is 47.5 Å². The molecule has 6 nitrogen and oxygen atoms in total. The molecule has 35 heavy (non-hydrogen) atoms. The number of hydrogen-bond donors (Lipinski definition) is 0. The summed E-state index contributed by atoms with van der Waals surface area (Å²) in [6, 6.07) is 13.1. The zero-order valence-electron chi connectivity index (χ0n) is 27.2. The number of anilines is 2. The second-order valence-electron chi connectivity index (χ2n) is 8.13. The highest BCUT2D eigenvalue weighted by molar-refractivity contribution is 7.99. The molecule has 0 aromatic heterocycles. The molecule has 2 aromatic rings. The molecule has 0 saturated carbocycles. The summed E-state index contributed by atoms with van der Waals surface area (Å²) >= 11 is 7.91. The summed E-state index contributed by atoms with van der Waals surface area (Å²) in [4.78, 5) is 20.5. The van der Waals surface area contributed by atoms with E-state index in [0.717, 1.165) is 21.2 Å². The van der Waals surface area contributed by atoms with Crippen molar-refractivity contribution in [2.45, 2.75) is 16.2 Å². The molecule has 2 saturated heterocycles. The number of fused-ring (bicyclic) bond motifs is 2. The van der Waals surface area contributed by atoms with Gasteiger partial charge >= 0.3 is 6.03 Å². The Morgan fingerprint density at radius 1 is 0.886 bits per heavy atom. The number of urea groups is 1. The van der Waals surface area contributed by atoms with Gasteiger partial charge in [0.2, 0.25) is 0 Å². The summed E-state index contributed by atoms with van der Waals surface area (Å²) in [6.45, 7) is -11.0. The molecule has 192 valence electrons. The smallest absolute Gasteiger partial charge is 0.319 e. The molecule has 3 aliphatic rings. The third kappa shape index (κ3) is 6.51. The summed E-state index contributed by atoms with van der Waals surface area (Å²) in [5, 5.41) is 0.557. The van der Waals surface area contributed by atoms with E-state index in [-0.39, 0.29) is 56.9 Å². The Morgan fingerprint density at radius 2 is 1.57 bits per heavy atom. The lowest BCUT2D eigenvalue weighted by molar-refractivity contribution is 0.123. The lowest BCUT2D eigenvalue weighted by atomic mass is 10.2. The number of benzene rings is 2. The summed E-state index contributed by atoms with van der Waals surface area (Å²) in [5.74, 6) is 0. The van der Waals surface area contributed by atoms with Gasteiger partial charge in [0, 0.05) is 91.5 Å². The average molecular weight is 567 g/mol. The van der Waals surface area contributed by atoms with E-state index < -0.39 is 26.0 Å². The summed E-state index contributed by atoms with van der Waals surface area (Å²) in [7, 11) is 1.63. The van der Waals surface area contributed by atoms with Crippen molar-refractivity contribution in [2.75, 3.05) is 77.2 Å². The Morgan fingerprint density at radius 3 is 2.29 bits per heavy atom.